The van der Waals surface area contributed by atoms with Crippen LogP contribution < -0.4 is 11.5 Å². The molecule has 0 amide bonds. The van der Waals surface area contributed by atoms with Gasteiger partial charge in [-0.2, -0.15) is 0 Å². The summed E-state index contributed by atoms with van der Waals surface area (Å²) in [6, 6.07) is -1.03. The van der Waals surface area contributed by atoms with Crippen molar-refractivity contribution >= 4 is 27.8 Å². The molecule has 1 atom stereocenters. The summed E-state index contributed by atoms with van der Waals surface area (Å²) in [5.41, 5.74) is 10.3. The molecule has 0 heterocycles. The Kier molecular flexibility index (Phi) is 9.91. The molecule has 0 saturated carbocycles. The molecule has 0 aliphatic carbocycles. The Hall–Kier alpha value is -1.28. The molecular weight excluding hydrogens is 290 g/mol. The van der Waals surface area contributed by atoms with Crippen molar-refractivity contribution in [1.82, 2.24) is 4.90 Å². The van der Waals surface area contributed by atoms with Crippen LogP contribution in [-0.2, 0) is 13.9 Å². The number of nitrogens with two attached hydrogens (primary N) is 2. The van der Waals surface area contributed by atoms with Crippen molar-refractivity contribution < 1.29 is 19.0 Å². The number of aliphatic imine (C=N–C) groups is 1. The van der Waals surface area contributed by atoms with Crippen molar-refractivity contribution in [3.05, 3.63) is 0 Å². The molecule has 0 aliphatic rings. The molecule has 19 heavy (non-hydrogen) atoms. The van der Waals surface area contributed by atoms with Gasteiger partial charge in [0.25, 0.3) is 0 Å². The van der Waals surface area contributed by atoms with E-state index in [9.17, 15) is 13.9 Å². The van der Waals surface area contributed by atoms with E-state index >= 15 is 0 Å². The summed E-state index contributed by atoms with van der Waals surface area (Å²) in [5, 5.41) is 9.04. The van der Waals surface area contributed by atoms with E-state index in [1.54, 1.807) is 0 Å². The third kappa shape index (κ3) is 8.44. The van der Waals surface area contributed by atoms with Crippen molar-refractivity contribution in [2.24, 2.45) is 16.5 Å². The van der Waals surface area contributed by atoms with Crippen molar-refractivity contribution in [3.8, 4) is 11.5 Å². The minimum atomic E-state index is -1.14. The molecule has 0 spiro atoms. The summed E-state index contributed by atoms with van der Waals surface area (Å²) < 4.78 is 20.9. The van der Waals surface area contributed by atoms with Crippen LogP contribution in [0.4, 0.5) is 0 Å². The second kappa shape index (κ2) is 10.6. The summed E-state index contributed by atoms with van der Waals surface area (Å²) in [6.07, 6.45) is 1.36. The van der Waals surface area contributed by atoms with Crippen molar-refractivity contribution in [3.63, 3.8) is 0 Å². The van der Waals surface area contributed by atoms with E-state index in [4.69, 9.17) is 16.6 Å². The van der Waals surface area contributed by atoms with Gasteiger partial charge in [-0.1, -0.05) is 0 Å². The maximum atomic E-state index is 11.1. The van der Waals surface area contributed by atoms with Crippen LogP contribution in [0.25, 0.3) is 0 Å². The van der Waals surface area contributed by atoms with E-state index in [0.717, 1.165) is 4.90 Å². The van der Waals surface area contributed by atoms with Gasteiger partial charge in [-0.3, -0.25) is 0 Å². The topological polar surface area (TPSA) is 139 Å². The van der Waals surface area contributed by atoms with Gasteiger partial charge < -0.3 is 0 Å². The van der Waals surface area contributed by atoms with Gasteiger partial charge in [-0.05, 0) is 0 Å². The van der Waals surface area contributed by atoms with E-state index in [2.05, 4.69) is 16.5 Å². The van der Waals surface area contributed by atoms with Crippen molar-refractivity contribution in [1.29, 1.82) is 0 Å². The summed E-state index contributed by atoms with van der Waals surface area (Å²) in [6.45, 7) is 0.398. The second-order valence-corrected chi connectivity index (χ2v) is 4.17. The number of carboxylic acid groups (broad SMARTS) is 1. The molecule has 5 N–H and O–H groups in total. The van der Waals surface area contributed by atoms with Crippen LogP contribution in [0, 0.1) is 11.5 Å². The van der Waals surface area contributed by atoms with E-state index in [-0.39, 0.29) is 12.4 Å². The molecule has 8 nitrogen and oxygen atoms in total. The second-order valence-electron chi connectivity index (χ2n) is 3.41. The van der Waals surface area contributed by atoms with Crippen LogP contribution in [0.3, 0.4) is 0 Å². The van der Waals surface area contributed by atoms with Gasteiger partial charge in [0.1, 0.15) is 0 Å². The number of guanidine groups is 1. The fourth-order valence-corrected chi connectivity index (χ4v) is 1.90. The van der Waals surface area contributed by atoms with Crippen LogP contribution in [0.1, 0.15) is 19.3 Å². The standard InChI is InChI=1S/C9H14N4O4P2/c10-9(11)12-4-2-1-3-7(8(14)15)13(5-18-16)6-19-17/h7H,1-4H2,(H,14,15)(H4,10,11,12)/t7-/m0/s1. The first-order chi connectivity index (χ1) is 9.02. The SMILES string of the molecule is NC(N)=NCCCC[C@@H](C(=O)O)N(C#P=O)C#P=O. The molecule has 0 fully saturated rings. The molecule has 10 heteroatoms. The minimum absolute atomic E-state index is 0.0185. The molecule has 0 aromatic carbocycles. The normalized spacial score (nSPS) is 11.0. The summed E-state index contributed by atoms with van der Waals surface area (Å²) >= 11 is 0. The fraction of sp³-hybridized carbons (Fsp3) is 0.556. The number of carboxylic acids is 1. The number of hydrogen-bond acceptors (Lipinski definition) is 5. The first-order valence-corrected chi connectivity index (χ1v) is 6.88. The molecule has 0 aromatic rings. The summed E-state index contributed by atoms with van der Waals surface area (Å²) in [5.74, 6) is 3.25. The Morgan fingerprint density at radius 3 is 2.26 bits per heavy atom. The Morgan fingerprint density at radius 2 is 1.84 bits per heavy atom. The molecule has 0 aliphatic heterocycles. The number of hydrogen-bond donors (Lipinski definition) is 3. The third-order valence-corrected chi connectivity index (χ3v) is 2.67. The summed E-state index contributed by atoms with van der Waals surface area (Å²) in [7, 11) is -1.02. The van der Waals surface area contributed by atoms with Gasteiger partial charge >= 0.3 is 112 Å². The average molecular weight is 304 g/mol. The molecule has 0 saturated heterocycles. The van der Waals surface area contributed by atoms with E-state index in [1.165, 1.54) is 0 Å². The molecule has 0 aromatic heterocycles. The quantitative estimate of drug-likeness (QED) is 0.206. The van der Waals surface area contributed by atoms with Crippen LogP contribution in [0.5, 0.6) is 0 Å². The zero-order chi connectivity index (χ0) is 14.7. The van der Waals surface area contributed by atoms with Crippen molar-refractivity contribution in [2.75, 3.05) is 6.54 Å². The zero-order valence-corrected chi connectivity index (χ0v) is 11.8. The number of unbranched alkanes of at least 4 members (excludes halogenated alkanes) is 1. The van der Waals surface area contributed by atoms with Crippen LogP contribution >= 0.6 is 15.8 Å². The van der Waals surface area contributed by atoms with E-state index in [1.807, 2.05) is 0 Å². The first kappa shape index (κ1) is 17.7. The molecule has 104 valence electrons. The van der Waals surface area contributed by atoms with Crippen LogP contribution in [-0.4, -0.2) is 34.5 Å². The van der Waals surface area contributed by atoms with Gasteiger partial charge in [0.15, 0.2) is 0 Å². The maximum absolute atomic E-state index is 11.1. The van der Waals surface area contributed by atoms with Crippen LogP contribution in [0.15, 0.2) is 4.99 Å². The Labute approximate surface area is 112 Å². The average Bonchev–Trinajstić information content (AvgIpc) is 2.32. The van der Waals surface area contributed by atoms with Gasteiger partial charge in [-0.15, -0.1) is 0 Å². The third-order valence-electron chi connectivity index (χ3n) is 2.07. The molecule has 0 bridgehead atoms. The predicted octanol–water partition coefficient (Wildman–Crippen LogP) is 0.602. The number of nitrogens with zero attached hydrogens (tertiary/aromatic N) is 2. The molecule has 0 radical (unpaired) electrons. The molecular formula is C9H14N4O4P2. The Bertz CT molecular complexity index is 507. The number of carbonyl (C=O) groups is 1. The fourth-order valence-electron chi connectivity index (χ4n) is 1.27. The Morgan fingerprint density at radius 1 is 1.26 bits per heavy atom. The van der Waals surface area contributed by atoms with Gasteiger partial charge in [-0.25, -0.2) is 0 Å². The van der Waals surface area contributed by atoms with Gasteiger partial charge in [0.05, 0.1) is 0 Å². The van der Waals surface area contributed by atoms with Gasteiger partial charge in [0.2, 0.25) is 0 Å². The molecule has 0 unspecified atom stereocenters. The van der Waals surface area contributed by atoms with Crippen LogP contribution in [0.2, 0.25) is 0 Å². The molecule has 0 rings (SSSR count). The van der Waals surface area contributed by atoms with Crippen molar-refractivity contribution in [2.45, 2.75) is 25.3 Å². The Balaban J connectivity index is 4.54. The van der Waals surface area contributed by atoms with Gasteiger partial charge in [0, 0.05) is 0 Å². The predicted molar refractivity (Wildman–Crippen MR) is 70.8 cm³/mol. The zero-order valence-electron chi connectivity index (χ0n) is 10.0. The number of aliphatic carboxylic acids is 1. The first-order valence-electron chi connectivity index (χ1n) is 5.26. The summed E-state index contributed by atoms with van der Waals surface area (Å²) in [4.78, 5) is 15.7. The van der Waals surface area contributed by atoms with E-state index in [0.29, 0.717) is 19.4 Å². The van der Waals surface area contributed by atoms with E-state index < -0.39 is 27.8 Å². The monoisotopic (exact) mass is 304 g/mol. The number of rotatable bonds is 7.